The molecule has 1 aliphatic carbocycles. The molecule has 0 amide bonds. The van der Waals surface area contributed by atoms with E-state index < -0.39 is 0 Å². The van der Waals surface area contributed by atoms with Crippen molar-refractivity contribution >= 4 is 38.5 Å². The van der Waals surface area contributed by atoms with Gasteiger partial charge < -0.3 is 24.4 Å². The fraction of sp³-hybridized carbons (Fsp3) is 0.372. The predicted molar refractivity (Wildman–Crippen MR) is 205 cm³/mol. The quantitative estimate of drug-likeness (QED) is 0.148. The van der Waals surface area contributed by atoms with E-state index in [9.17, 15) is 9.65 Å². The summed E-state index contributed by atoms with van der Waals surface area (Å²) in [6, 6.07) is 27.0. The van der Waals surface area contributed by atoms with E-state index in [4.69, 9.17) is 14.7 Å². The van der Waals surface area contributed by atoms with Gasteiger partial charge in [-0.25, -0.2) is 14.4 Å². The highest BCUT2D eigenvalue weighted by atomic mass is 19.1. The van der Waals surface area contributed by atoms with Gasteiger partial charge in [0, 0.05) is 55.5 Å². The largest absolute Gasteiger partial charge is 0.486 e. The number of benzene rings is 4. The summed E-state index contributed by atoms with van der Waals surface area (Å²) in [5, 5.41) is 16.4. The van der Waals surface area contributed by atoms with Crippen LogP contribution >= 0.6 is 0 Å². The zero-order valence-corrected chi connectivity index (χ0v) is 30.1. The minimum atomic E-state index is -0.294. The number of nitriles is 1. The predicted octanol–water partition coefficient (Wildman–Crippen LogP) is 7.81. The number of imidazole rings is 1. The Morgan fingerprint density at radius 3 is 2.56 bits per heavy atom. The number of halogens is 1. The van der Waals surface area contributed by atoms with Gasteiger partial charge in [-0.3, -0.25) is 0 Å². The van der Waals surface area contributed by atoms with Crippen LogP contribution in [0.15, 0.2) is 72.8 Å². The summed E-state index contributed by atoms with van der Waals surface area (Å²) in [7, 11) is 4.27. The normalized spacial score (nSPS) is 19.8. The number of anilines is 1. The number of ether oxygens (including phenoxy) is 1. The number of aryl methyl sites for hydroxylation is 2. The minimum absolute atomic E-state index is 0.294. The van der Waals surface area contributed by atoms with Crippen LogP contribution in [0.1, 0.15) is 49.2 Å². The van der Waals surface area contributed by atoms with E-state index in [2.05, 4.69) is 65.0 Å². The molecule has 3 aliphatic heterocycles. The summed E-state index contributed by atoms with van der Waals surface area (Å²) in [5.74, 6) is 2.93. The number of nitrogens with zero attached hydrogens (tertiary/aromatic N) is 6. The Hall–Kier alpha value is -5.04. The monoisotopic (exact) mass is 693 g/mol. The molecule has 2 bridgehead atoms. The van der Waals surface area contributed by atoms with Crippen LogP contribution in [0.25, 0.3) is 43.8 Å². The van der Waals surface area contributed by atoms with Crippen molar-refractivity contribution < 1.29 is 9.13 Å². The number of likely N-dealkylation sites (N-methyl/N-ethyl adjacent to an activating group) is 1. The molecule has 2 aromatic heterocycles. The van der Waals surface area contributed by atoms with Gasteiger partial charge in [-0.1, -0.05) is 61.5 Å². The van der Waals surface area contributed by atoms with Crippen LogP contribution < -0.4 is 15.0 Å². The Kier molecular flexibility index (Phi) is 8.32. The molecule has 52 heavy (non-hydrogen) atoms. The number of pyridine rings is 1. The molecular weight excluding hydrogens is 650 g/mol. The van der Waals surface area contributed by atoms with E-state index in [-0.39, 0.29) is 5.82 Å². The summed E-state index contributed by atoms with van der Waals surface area (Å²) in [6.45, 7) is 5.31. The van der Waals surface area contributed by atoms with Crippen molar-refractivity contribution in [1.82, 2.24) is 24.8 Å². The number of fused-ring (bicyclic) bond motifs is 5. The summed E-state index contributed by atoms with van der Waals surface area (Å²) >= 11 is 0. The smallest absolute Gasteiger partial charge is 0.157 e. The van der Waals surface area contributed by atoms with Crippen LogP contribution in [0.3, 0.4) is 0 Å². The Balaban J connectivity index is 1.38. The van der Waals surface area contributed by atoms with Crippen LogP contribution in [0.5, 0.6) is 5.75 Å². The van der Waals surface area contributed by atoms with Crippen molar-refractivity contribution in [2.45, 2.75) is 63.8 Å². The van der Waals surface area contributed by atoms with Gasteiger partial charge in [0.2, 0.25) is 0 Å². The Labute approximate surface area is 303 Å². The van der Waals surface area contributed by atoms with Gasteiger partial charge in [0.25, 0.3) is 0 Å². The molecule has 9 heteroatoms. The first-order valence-corrected chi connectivity index (χ1v) is 18.7. The maximum Gasteiger partial charge on any atom is 0.157 e. The van der Waals surface area contributed by atoms with E-state index >= 15 is 0 Å². The molecule has 0 radical (unpaired) electrons. The van der Waals surface area contributed by atoms with Gasteiger partial charge in [-0.05, 0) is 84.9 Å². The van der Waals surface area contributed by atoms with E-state index in [1.807, 2.05) is 42.5 Å². The van der Waals surface area contributed by atoms with Crippen molar-refractivity contribution in [2.24, 2.45) is 5.92 Å². The number of rotatable bonds is 11. The number of nitrogens with one attached hydrogen (secondary N) is 1. The van der Waals surface area contributed by atoms with Crippen molar-refractivity contribution in [2.75, 3.05) is 38.6 Å². The van der Waals surface area contributed by atoms with Crippen LogP contribution in [-0.2, 0) is 19.4 Å². The molecule has 0 spiro atoms. The van der Waals surface area contributed by atoms with Gasteiger partial charge in [-0.2, -0.15) is 5.26 Å². The fourth-order valence-electron chi connectivity index (χ4n) is 8.80. The summed E-state index contributed by atoms with van der Waals surface area (Å²) in [6.07, 6.45) is 3.90. The van der Waals surface area contributed by atoms with Crippen molar-refractivity contribution in [3.63, 3.8) is 0 Å². The van der Waals surface area contributed by atoms with E-state index in [0.29, 0.717) is 49.2 Å². The second-order valence-electron chi connectivity index (χ2n) is 15.0. The van der Waals surface area contributed by atoms with Gasteiger partial charge in [-0.15, -0.1) is 0 Å². The van der Waals surface area contributed by atoms with Gasteiger partial charge >= 0.3 is 0 Å². The first kappa shape index (κ1) is 32.8. The van der Waals surface area contributed by atoms with Crippen LogP contribution in [0, 0.1) is 23.1 Å². The van der Waals surface area contributed by atoms with Crippen LogP contribution in [0.2, 0.25) is 0 Å². The molecule has 1 N–H and O–H groups in total. The molecule has 4 fully saturated rings. The summed E-state index contributed by atoms with van der Waals surface area (Å²) in [4.78, 5) is 15.7. The van der Waals surface area contributed by atoms with Crippen molar-refractivity contribution in [3.05, 3.63) is 95.6 Å². The highest BCUT2D eigenvalue weighted by Crippen LogP contribution is 2.50. The lowest BCUT2D eigenvalue weighted by Gasteiger charge is -2.43. The van der Waals surface area contributed by atoms with Crippen molar-refractivity contribution in [1.29, 1.82) is 5.26 Å². The Morgan fingerprint density at radius 1 is 0.981 bits per heavy atom. The Morgan fingerprint density at radius 2 is 1.83 bits per heavy atom. The fourth-order valence-corrected chi connectivity index (χ4v) is 8.80. The maximum absolute atomic E-state index is 15.0. The first-order valence-electron chi connectivity index (χ1n) is 18.7. The summed E-state index contributed by atoms with van der Waals surface area (Å²) in [5.41, 5.74) is 6.60. The third-order valence-corrected chi connectivity index (χ3v) is 11.6. The van der Waals surface area contributed by atoms with Crippen LogP contribution in [0.4, 0.5) is 10.2 Å². The molecule has 3 saturated heterocycles. The third-order valence-electron chi connectivity index (χ3n) is 11.6. The molecule has 264 valence electrons. The standard InChI is InChI=1S/C43H44FN7O/c1-4-10-36-47-39-41(51(36)40-29-20-35(40)46-22-29)34-19-28(14-9-18-45)37(32-15-8-13-27-16-17-30(44)21-33(27)32)42(52-25-26-11-6-5-7-12-26)38(34)48-43(39)50-23-31(24-50)49(2)3/h5-8,11-13,15-17,19,21,29,31,35,40,46H,4,9-10,14,20,22-25H2,1-3H3. The molecule has 3 unspecified atom stereocenters. The second-order valence-corrected chi connectivity index (χ2v) is 15.0. The van der Waals surface area contributed by atoms with Gasteiger partial charge in [0.1, 0.15) is 29.3 Å². The SMILES string of the molecule is CCCc1nc2c(N3CC(N(C)C)C3)nc3c(OCc4ccccc4)c(-c4cccc5ccc(F)cc45)c(CCC#N)cc3c2n1C1C2CNC1C2. The zero-order chi connectivity index (χ0) is 35.5. The zero-order valence-electron chi connectivity index (χ0n) is 30.1. The molecule has 3 atom stereocenters. The second kappa shape index (κ2) is 13.2. The van der Waals surface area contributed by atoms with E-state index in [0.717, 1.165) is 99.1 Å². The van der Waals surface area contributed by atoms with E-state index in [1.165, 1.54) is 12.5 Å². The first-order chi connectivity index (χ1) is 25.4. The number of aromatic nitrogens is 3. The lowest BCUT2D eigenvalue weighted by atomic mass is 9.79. The summed E-state index contributed by atoms with van der Waals surface area (Å²) < 4.78 is 24.6. The topological polar surface area (TPSA) is 82.2 Å². The average molecular weight is 694 g/mol. The number of hydrogen-bond acceptors (Lipinski definition) is 7. The third kappa shape index (κ3) is 5.39. The highest BCUT2D eigenvalue weighted by molar-refractivity contribution is 6.13. The lowest BCUT2D eigenvalue weighted by molar-refractivity contribution is 0.220. The molecule has 1 saturated carbocycles. The molecule has 4 aliphatic rings. The molecule has 8 nitrogen and oxygen atoms in total. The molecule has 10 rings (SSSR count). The van der Waals surface area contributed by atoms with E-state index in [1.54, 1.807) is 6.07 Å². The van der Waals surface area contributed by atoms with Crippen LogP contribution in [-0.4, -0.2) is 65.2 Å². The molecule has 4 aromatic carbocycles. The number of hydrogen-bond donors (Lipinski definition) is 1. The van der Waals surface area contributed by atoms with Gasteiger partial charge in [0.05, 0.1) is 17.6 Å². The van der Waals surface area contributed by atoms with Gasteiger partial charge in [0.15, 0.2) is 11.6 Å². The molecule has 6 aromatic rings. The maximum atomic E-state index is 15.0. The average Bonchev–Trinajstić information content (AvgIpc) is 3.86. The molecular formula is C43H44FN7O. The van der Waals surface area contributed by atoms with Crippen molar-refractivity contribution in [3.8, 4) is 22.9 Å². The Bertz CT molecular complexity index is 2340. The molecule has 5 heterocycles. The lowest BCUT2D eigenvalue weighted by Crippen LogP contribution is -2.57. The minimum Gasteiger partial charge on any atom is -0.486 e. The highest BCUT2D eigenvalue weighted by Gasteiger charge is 2.49.